The molecule has 1 aromatic carbocycles. The molecular weight excluding hydrogens is 264 g/mol. The van der Waals surface area contributed by atoms with E-state index in [0.717, 1.165) is 11.3 Å². The van der Waals surface area contributed by atoms with Crippen LogP contribution in [0.4, 0.5) is 4.79 Å². The van der Waals surface area contributed by atoms with Crippen LogP contribution in [0.3, 0.4) is 0 Å². The van der Waals surface area contributed by atoms with E-state index in [4.69, 9.17) is 4.74 Å². The number of hydrogen-bond donors (Lipinski definition) is 1. The van der Waals surface area contributed by atoms with Crippen molar-refractivity contribution in [3.8, 4) is 5.75 Å². The van der Waals surface area contributed by atoms with Gasteiger partial charge in [-0.2, -0.15) is 0 Å². The molecule has 108 valence electrons. The molecule has 1 aromatic rings. The van der Waals surface area contributed by atoms with Gasteiger partial charge in [0, 0.05) is 4.92 Å². The van der Waals surface area contributed by atoms with Gasteiger partial charge in [-0.1, -0.05) is 24.3 Å². The second kappa shape index (κ2) is 7.78. The Kier molecular flexibility index (Phi) is 6.02. The van der Waals surface area contributed by atoms with E-state index in [2.05, 4.69) is 10.1 Å². The molecule has 0 aliphatic rings. The molecule has 0 aromatic heterocycles. The monoisotopic (exact) mass is 280 g/mol. The van der Waals surface area contributed by atoms with Crippen molar-refractivity contribution in [3.05, 3.63) is 46.0 Å². The smallest absolute Gasteiger partial charge is 0.407 e. The zero-order chi connectivity index (χ0) is 15.0. The van der Waals surface area contributed by atoms with Crippen molar-refractivity contribution in [2.45, 2.75) is 6.04 Å². The molecule has 20 heavy (non-hydrogen) atoms. The van der Waals surface area contributed by atoms with Crippen molar-refractivity contribution in [3.63, 3.8) is 0 Å². The Morgan fingerprint density at radius 2 is 2.05 bits per heavy atom. The van der Waals surface area contributed by atoms with Gasteiger partial charge in [-0.3, -0.25) is 10.1 Å². The summed E-state index contributed by atoms with van der Waals surface area (Å²) in [5.74, 6) is 0.719. The van der Waals surface area contributed by atoms with Gasteiger partial charge in [0.2, 0.25) is 6.54 Å². The standard InChI is InChI=1S/C13H16N2O5/c1-19-12-7-4-10(5-8-12)3-6-11(9-15(17)18)14-13(16)20-2/h3-8,11H,9H2,1-2H3,(H,14,16)/b6-3+. The first-order valence-electron chi connectivity index (χ1n) is 5.83. The highest BCUT2D eigenvalue weighted by Crippen LogP contribution is 2.12. The van der Waals surface area contributed by atoms with Crippen LogP contribution in [0.25, 0.3) is 6.08 Å². The SMILES string of the molecule is COC(=O)NC(/C=C/c1ccc(OC)cc1)C[N+](=O)[O-]. The Balaban J connectivity index is 2.73. The average molecular weight is 280 g/mol. The van der Waals surface area contributed by atoms with Gasteiger partial charge in [-0.15, -0.1) is 0 Å². The van der Waals surface area contributed by atoms with Gasteiger partial charge in [0.05, 0.1) is 14.2 Å². The first-order valence-corrected chi connectivity index (χ1v) is 5.83. The van der Waals surface area contributed by atoms with Gasteiger partial charge >= 0.3 is 6.09 Å². The van der Waals surface area contributed by atoms with Crippen molar-refractivity contribution in [2.24, 2.45) is 0 Å². The normalized spacial score (nSPS) is 11.9. The lowest BCUT2D eigenvalue weighted by molar-refractivity contribution is -0.481. The first-order chi connectivity index (χ1) is 9.55. The fourth-order valence-electron chi connectivity index (χ4n) is 1.47. The lowest BCUT2D eigenvalue weighted by Gasteiger charge is -2.09. The van der Waals surface area contributed by atoms with Crippen LogP contribution < -0.4 is 10.1 Å². The van der Waals surface area contributed by atoms with E-state index in [9.17, 15) is 14.9 Å². The highest BCUT2D eigenvalue weighted by Gasteiger charge is 2.14. The number of benzene rings is 1. The van der Waals surface area contributed by atoms with Gasteiger partial charge in [-0.25, -0.2) is 4.79 Å². The Hall–Kier alpha value is -2.57. The lowest BCUT2D eigenvalue weighted by Crippen LogP contribution is -2.38. The molecule has 0 saturated carbocycles. The maximum Gasteiger partial charge on any atom is 0.407 e. The zero-order valence-corrected chi connectivity index (χ0v) is 11.2. The average Bonchev–Trinajstić information content (AvgIpc) is 2.44. The minimum absolute atomic E-state index is 0.415. The first kappa shape index (κ1) is 15.5. The molecule has 0 aliphatic heterocycles. The van der Waals surface area contributed by atoms with Gasteiger partial charge < -0.3 is 14.8 Å². The number of rotatable bonds is 6. The van der Waals surface area contributed by atoms with Crippen molar-refractivity contribution < 1.29 is 19.2 Å². The van der Waals surface area contributed by atoms with E-state index >= 15 is 0 Å². The summed E-state index contributed by atoms with van der Waals surface area (Å²) in [5.41, 5.74) is 0.839. The Morgan fingerprint density at radius 3 is 2.55 bits per heavy atom. The minimum atomic E-state index is -0.737. The van der Waals surface area contributed by atoms with Gasteiger partial charge in [0.1, 0.15) is 11.8 Å². The minimum Gasteiger partial charge on any atom is -0.497 e. The predicted octanol–water partition coefficient (Wildman–Crippen LogP) is 1.71. The third-order valence-electron chi connectivity index (χ3n) is 2.47. The van der Waals surface area contributed by atoms with Crippen LogP contribution in [-0.2, 0) is 4.74 Å². The summed E-state index contributed by atoms with van der Waals surface area (Å²) < 4.78 is 9.45. The molecule has 7 nitrogen and oxygen atoms in total. The Bertz CT molecular complexity index is 484. The molecule has 0 aliphatic carbocycles. The van der Waals surface area contributed by atoms with E-state index in [1.54, 1.807) is 43.5 Å². The van der Waals surface area contributed by atoms with E-state index in [-0.39, 0.29) is 0 Å². The second-order valence-corrected chi connectivity index (χ2v) is 3.89. The molecule has 1 unspecified atom stereocenters. The largest absolute Gasteiger partial charge is 0.497 e. The van der Waals surface area contributed by atoms with Crippen molar-refractivity contribution in [2.75, 3.05) is 20.8 Å². The van der Waals surface area contributed by atoms with Crippen LogP contribution in [0.5, 0.6) is 5.75 Å². The molecule has 0 fully saturated rings. The molecule has 1 rings (SSSR count). The summed E-state index contributed by atoms with van der Waals surface area (Å²) >= 11 is 0. The molecule has 1 N–H and O–H groups in total. The topological polar surface area (TPSA) is 90.7 Å². The number of nitrogens with zero attached hydrogens (tertiary/aromatic N) is 1. The number of amides is 1. The van der Waals surface area contributed by atoms with E-state index < -0.39 is 23.6 Å². The van der Waals surface area contributed by atoms with Crippen molar-refractivity contribution in [1.29, 1.82) is 0 Å². The number of methoxy groups -OCH3 is 2. The Labute approximate surface area is 116 Å². The summed E-state index contributed by atoms with van der Waals surface area (Å²) in [6, 6.07) is 6.42. The maximum atomic E-state index is 11.1. The predicted molar refractivity (Wildman–Crippen MR) is 73.2 cm³/mol. The van der Waals surface area contributed by atoms with Crippen LogP contribution >= 0.6 is 0 Å². The summed E-state index contributed by atoms with van der Waals surface area (Å²) in [7, 11) is 2.77. The van der Waals surface area contributed by atoms with Crippen LogP contribution in [0, 0.1) is 10.1 Å². The molecule has 0 bridgehead atoms. The number of carbonyl (C=O) groups excluding carboxylic acids is 1. The van der Waals surface area contributed by atoms with Crippen molar-refractivity contribution >= 4 is 12.2 Å². The number of ether oxygens (including phenoxy) is 2. The molecule has 1 atom stereocenters. The Morgan fingerprint density at radius 1 is 1.40 bits per heavy atom. The van der Waals surface area contributed by atoms with Crippen LogP contribution in [0.2, 0.25) is 0 Å². The fraction of sp³-hybridized carbons (Fsp3) is 0.308. The number of nitro groups is 1. The third-order valence-corrected chi connectivity index (χ3v) is 2.47. The molecule has 0 saturated heterocycles. The summed E-state index contributed by atoms with van der Waals surface area (Å²) in [4.78, 5) is 21.1. The van der Waals surface area contributed by atoms with E-state index in [0.29, 0.717) is 0 Å². The van der Waals surface area contributed by atoms with E-state index in [1.807, 2.05) is 0 Å². The van der Waals surface area contributed by atoms with Gasteiger partial charge in [0.25, 0.3) is 0 Å². The lowest BCUT2D eigenvalue weighted by atomic mass is 10.1. The maximum absolute atomic E-state index is 11.1. The molecule has 0 radical (unpaired) electrons. The number of carbonyl (C=O) groups is 1. The van der Waals surface area contributed by atoms with Gasteiger partial charge in [-0.05, 0) is 17.7 Å². The zero-order valence-electron chi connectivity index (χ0n) is 11.2. The van der Waals surface area contributed by atoms with Crippen LogP contribution in [0.1, 0.15) is 5.56 Å². The molecule has 0 heterocycles. The molecule has 0 spiro atoms. The highest BCUT2D eigenvalue weighted by atomic mass is 16.6. The van der Waals surface area contributed by atoms with Crippen LogP contribution in [-0.4, -0.2) is 37.8 Å². The van der Waals surface area contributed by atoms with E-state index in [1.165, 1.54) is 7.11 Å². The number of hydrogen-bond acceptors (Lipinski definition) is 5. The molecule has 1 amide bonds. The highest BCUT2D eigenvalue weighted by molar-refractivity contribution is 5.68. The summed E-state index contributed by atoms with van der Waals surface area (Å²) in [6.07, 6.45) is 2.52. The van der Waals surface area contributed by atoms with Gasteiger partial charge in [0.15, 0.2) is 0 Å². The molecular formula is C13H16N2O5. The second-order valence-electron chi connectivity index (χ2n) is 3.89. The number of alkyl carbamates (subject to hydrolysis) is 1. The summed E-state index contributed by atoms with van der Waals surface area (Å²) in [6.45, 7) is -0.415. The molecule has 7 heteroatoms. The fourth-order valence-corrected chi connectivity index (χ4v) is 1.47. The van der Waals surface area contributed by atoms with Crippen molar-refractivity contribution in [1.82, 2.24) is 5.32 Å². The quantitative estimate of drug-likeness (QED) is 0.632. The number of nitrogens with one attached hydrogen (secondary N) is 1. The third kappa shape index (κ3) is 5.38. The summed E-state index contributed by atoms with van der Waals surface area (Å²) in [5, 5.41) is 12.9. The van der Waals surface area contributed by atoms with Crippen LogP contribution in [0.15, 0.2) is 30.3 Å².